The molecule has 0 aliphatic carbocycles. The van der Waals surface area contributed by atoms with E-state index < -0.39 is 11.8 Å². The normalized spacial score (nSPS) is 10.7. The number of carboxylic acids is 1. The van der Waals surface area contributed by atoms with E-state index in [1.165, 1.54) is 25.3 Å². The molecule has 1 N–H and O–H groups in total. The third-order valence-corrected chi connectivity index (χ3v) is 3.41. The number of hydrogen-bond donors (Lipinski definition) is 1. The number of benzene rings is 2. The van der Waals surface area contributed by atoms with Gasteiger partial charge in [0.05, 0.1) is 12.1 Å². The van der Waals surface area contributed by atoms with Crippen LogP contribution in [0, 0.1) is 5.82 Å². The van der Waals surface area contributed by atoms with Crippen molar-refractivity contribution in [3.05, 3.63) is 64.4 Å². The third kappa shape index (κ3) is 4.23. The van der Waals surface area contributed by atoms with E-state index in [1.54, 1.807) is 24.3 Å². The molecule has 0 aliphatic heterocycles. The quantitative estimate of drug-likeness (QED) is 0.805. The fraction of sp³-hybridized carbons (Fsp3) is 0.118. The predicted molar refractivity (Wildman–Crippen MR) is 85.4 cm³/mol. The first kappa shape index (κ1) is 16.8. The van der Waals surface area contributed by atoms with Gasteiger partial charge in [-0.1, -0.05) is 29.8 Å². The summed E-state index contributed by atoms with van der Waals surface area (Å²) in [4.78, 5) is 10.7. The van der Waals surface area contributed by atoms with Gasteiger partial charge in [0.1, 0.15) is 12.4 Å². The second-order valence-electron chi connectivity index (χ2n) is 4.54. The Morgan fingerprint density at radius 1 is 1.30 bits per heavy atom. The minimum absolute atomic E-state index is 0.111. The molecule has 0 radical (unpaired) electrons. The van der Waals surface area contributed by atoms with E-state index in [-0.39, 0.29) is 17.2 Å². The Kier molecular flexibility index (Phi) is 5.60. The molecule has 0 aromatic heterocycles. The van der Waals surface area contributed by atoms with Crippen LogP contribution in [0.3, 0.4) is 0 Å². The Hall–Kier alpha value is -2.53. The molecule has 0 saturated carbocycles. The maximum absolute atomic E-state index is 13.8. The van der Waals surface area contributed by atoms with Crippen molar-refractivity contribution in [2.75, 3.05) is 7.11 Å². The van der Waals surface area contributed by atoms with Gasteiger partial charge in [0.25, 0.3) is 0 Å². The number of rotatable bonds is 6. The Balaban J connectivity index is 2.32. The van der Waals surface area contributed by atoms with Crippen LogP contribution in [-0.2, 0) is 11.4 Å². The molecule has 6 heteroatoms. The number of carbonyl (C=O) groups is 1. The Morgan fingerprint density at radius 2 is 2.04 bits per heavy atom. The Bertz CT molecular complexity index is 723. The molecule has 2 aromatic rings. The van der Waals surface area contributed by atoms with Crippen LogP contribution in [0.2, 0.25) is 5.02 Å². The summed E-state index contributed by atoms with van der Waals surface area (Å²) in [5.41, 5.74) is 0.715. The van der Waals surface area contributed by atoms with Crippen LogP contribution < -0.4 is 9.47 Å². The second kappa shape index (κ2) is 7.65. The number of para-hydroxylation sites is 1. The molecule has 2 rings (SSSR count). The summed E-state index contributed by atoms with van der Waals surface area (Å²) in [6.07, 6.45) is 2.36. The molecule has 0 aliphatic rings. The first-order valence-corrected chi connectivity index (χ1v) is 7.04. The van der Waals surface area contributed by atoms with Gasteiger partial charge in [-0.15, -0.1) is 0 Å². The molecule has 2 aromatic carbocycles. The molecule has 0 unspecified atom stereocenters. The highest BCUT2D eigenvalue weighted by Gasteiger charge is 2.12. The molecule has 0 saturated heterocycles. The standard InChI is InChI=1S/C17H14ClFO4/c1-22-15-7-2-4-11(8-9-16(20)21)17(15)23-10-12-13(18)5-3-6-14(12)19/h2-9H,10H2,1H3,(H,20,21). The monoisotopic (exact) mass is 336 g/mol. The lowest BCUT2D eigenvalue weighted by Crippen LogP contribution is -2.02. The van der Waals surface area contributed by atoms with E-state index in [9.17, 15) is 9.18 Å². The highest BCUT2D eigenvalue weighted by atomic mass is 35.5. The average Bonchev–Trinajstić information content (AvgIpc) is 2.52. The van der Waals surface area contributed by atoms with E-state index in [2.05, 4.69) is 0 Å². The van der Waals surface area contributed by atoms with Crippen LogP contribution >= 0.6 is 11.6 Å². The smallest absolute Gasteiger partial charge is 0.328 e. The van der Waals surface area contributed by atoms with Gasteiger partial charge in [-0.25, -0.2) is 9.18 Å². The summed E-state index contributed by atoms with van der Waals surface area (Å²) >= 11 is 5.97. The number of hydrogen-bond acceptors (Lipinski definition) is 3. The average molecular weight is 337 g/mol. The minimum atomic E-state index is -1.09. The van der Waals surface area contributed by atoms with E-state index in [4.69, 9.17) is 26.2 Å². The lowest BCUT2D eigenvalue weighted by molar-refractivity contribution is -0.131. The lowest BCUT2D eigenvalue weighted by atomic mass is 10.1. The molecular weight excluding hydrogens is 323 g/mol. The van der Waals surface area contributed by atoms with Crippen molar-refractivity contribution in [2.45, 2.75) is 6.61 Å². The highest BCUT2D eigenvalue weighted by molar-refractivity contribution is 6.31. The van der Waals surface area contributed by atoms with Crippen molar-refractivity contribution < 1.29 is 23.8 Å². The Morgan fingerprint density at radius 3 is 2.70 bits per heavy atom. The fourth-order valence-corrected chi connectivity index (χ4v) is 2.17. The van der Waals surface area contributed by atoms with E-state index >= 15 is 0 Å². The van der Waals surface area contributed by atoms with Gasteiger partial charge in [-0.3, -0.25) is 0 Å². The Labute approximate surface area is 137 Å². The van der Waals surface area contributed by atoms with Crippen LogP contribution in [0.4, 0.5) is 4.39 Å². The fourth-order valence-electron chi connectivity index (χ4n) is 1.95. The number of carboxylic acid groups (broad SMARTS) is 1. The summed E-state index contributed by atoms with van der Waals surface area (Å²) in [7, 11) is 1.46. The minimum Gasteiger partial charge on any atom is -0.493 e. The number of aliphatic carboxylic acids is 1. The van der Waals surface area contributed by atoms with Crippen LogP contribution in [-0.4, -0.2) is 18.2 Å². The molecular formula is C17H14ClFO4. The highest BCUT2D eigenvalue weighted by Crippen LogP contribution is 2.33. The molecule has 120 valence electrons. The largest absolute Gasteiger partial charge is 0.493 e. The molecule has 0 heterocycles. The van der Waals surface area contributed by atoms with Crippen molar-refractivity contribution in [3.63, 3.8) is 0 Å². The van der Waals surface area contributed by atoms with Gasteiger partial charge < -0.3 is 14.6 Å². The van der Waals surface area contributed by atoms with E-state index in [0.717, 1.165) is 6.08 Å². The molecule has 0 fully saturated rings. The zero-order valence-electron chi connectivity index (χ0n) is 12.3. The first-order valence-electron chi connectivity index (χ1n) is 6.66. The lowest BCUT2D eigenvalue weighted by Gasteiger charge is -2.14. The first-order chi connectivity index (χ1) is 11.0. The topological polar surface area (TPSA) is 55.8 Å². The third-order valence-electron chi connectivity index (χ3n) is 3.06. The maximum atomic E-state index is 13.8. The number of ether oxygens (including phenoxy) is 2. The van der Waals surface area contributed by atoms with Crippen LogP contribution in [0.15, 0.2) is 42.5 Å². The zero-order valence-corrected chi connectivity index (χ0v) is 13.0. The van der Waals surface area contributed by atoms with Gasteiger partial charge in [-0.2, -0.15) is 0 Å². The summed E-state index contributed by atoms with van der Waals surface area (Å²) in [6, 6.07) is 9.39. The summed E-state index contributed by atoms with van der Waals surface area (Å²) in [5.74, 6) is -0.845. The van der Waals surface area contributed by atoms with E-state index in [0.29, 0.717) is 17.1 Å². The number of halogens is 2. The van der Waals surface area contributed by atoms with Crippen molar-refractivity contribution in [2.24, 2.45) is 0 Å². The summed E-state index contributed by atoms with van der Waals surface area (Å²) in [5, 5.41) is 9.00. The van der Waals surface area contributed by atoms with Crippen molar-refractivity contribution in [1.82, 2.24) is 0 Å². The van der Waals surface area contributed by atoms with E-state index in [1.807, 2.05) is 0 Å². The van der Waals surface area contributed by atoms with Gasteiger partial charge in [-0.05, 0) is 24.3 Å². The van der Waals surface area contributed by atoms with Crippen molar-refractivity contribution >= 4 is 23.6 Å². The van der Waals surface area contributed by atoms with Crippen LogP contribution in [0.25, 0.3) is 6.08 Å². The van der Waals surface area contributed by atoms with Crippen molar-refractivity contribution in [3.8, 4) is 11.5 Å². The van der Waals surface area contributed by atoms with Gasteiger partial charge in [0.2, 0.25) is 0 Å². The SMILES string of the molecule is COc1cccc(C=CC(=O)O)c1OCc1c(F)cccc1Cl. The molecule has 0 amide bonds. The summed E-state index contributed by atoms with van der Waals surface area (Å²) in [6.45, 7) is -0.111. The second-order valence-corrected chi connectivity index (χ2v) is 4.95. The molecule has 23 heavy (non-hydrogen) atoms. The molecule has 0 spiro atoms. The van der Waals surface area contributed by atoms with Crippen molar-refractivity contribution in [1.29, 1.82) is 0 Å². The van der Waals surface area contributed by atoms with Gasteiger partial charge >= 0.3 is 5.97 Å². The predicted octanol–water partition coefficient (Wildman–Crippen LogP) is 4.16. The van der Waals surface area contributed by atoms with Crippen LogP contribution in [0.5, 0.6) is 11.5 Å². The molecule has 0 bridgehead atoms. The van der Waals surface area contributed by atoms with Gasteiger partial charge in [0.15, 0.2) is 11.5 Å². The summed E-state index contributed by atoms with van der Waals surface area (Å²) < 4.78 is 24.7. The molecule has 4 nitrogen and oxygen atoms in total. The number of methoxy groups -OCH3 is 1. The zero-order chi connectivity index (χ0) is 16.8. The molecule has 0 atom stereocenters. The maximum Gasteiger partial charge on any atom is 0.328 e. The van der Waals surface area contributed by atoms with Crippen LogP contribution in [0.1, 0.15) is 11.1 Å². The van der Waals surface area contributed by atoms with Gasteiger partial charge in [0, 0.05) is 17.2 Å².